The number of rotatable bonds is 5. The second-order valence-corrected chi connectivity index (χ2v) is 5.52. The molecule has 0 amide bonds. The van der Waals surface area contributed by atoms with Gasteiger partial charge in [0.2, 0.25) is 0 Å². The fourth-order valence-electron chi connectivity index (χ4n) is 2.49. The standard InChI is InChI=1S/C16H26N2/c1-3-14(2)13-17-15-9-11-18(12-10-15)16-7-5-4-6-8-16/h4-8,14-15,17H,3,9-13H2,1-2H3. The Morgan fingerprint density at radius 1 is 1.22 bits per heavy atom. The number of nitrogens with one attached hydrogen (secondary N) is 1. The Morgan fingerprint density at radius 2 is 1.89 bits per heavy atom. The monoisotopic (exact) mass is 246 g/mol. The molecule has 2 heteroatoms. The van der Waals surface area contributed by atoms with Crippen LogP contribution in [0.1, 0.15) is 33.1 Å². The number of hydrogen-bond donors (Lipinski definition) is 1. The van der Waals surface area contributed by atoms with Gasteiger partial charge in [0.05, 0.1) is 0 Å². The Morgan fingerprint density at radius 3 is 2.50 bits per heavy atom. The average Bonchev–Trinajstić information content (AvgIpc) is 2.46. The first kappa shape index (κ1) is 13.4. The van der Waals surface area contributed by atoms with E-state index in [1.54, 1.807) is 0 Å². The van der Waals surface area contributed by atoms with Crippen LogP contribution in [-0.2, 0) is 0 Å². The van der Waals surface area contributed by atoms with Gasteiger partial charge in [0.15, 0.2) is 0 Å². The van der Waals surface area contributed by atoms with Crippen molar-refractivity contribution in [2.75, 3.05) is 24.5 Å². The van der Waals surface area contributed by atoms with E-state index in [2.05, 4.69) is 54.4 Å². The lowest BCUT2D eigenvalue weighted by atomic mass is 10.0. The van der Waals surface area contributed by atoms with Crippen LogP contribution in [0.5, 0.6) is 0 Å². The fourth-order valence-corrected chi connectivity index (χ4v) is 2.49. The molecule has 0 bridgehead atoms. The molecule has 0 aromatic heterocycles. The lowest BCUT2D eigenvalue weighted by Gasteiger charge is -2.34. The Kier molecular flexibility index (Phi) is 5.06. The summed E-state index contributed by atoms with van der Waals surface area (Å²) < 4.78 is 0. The molecule has 100 valence electrons. The molecule has 1 N–H and O–H groups in total. The molecule has 18 heavy (non-hydrogen) atoms. The summed E-state index contributed by atoms with van der Waals surface area (Å²) in [6, 6.07) is 11.5. The Hall–Kier alpha value is -1.02. The highest BCUT2D eigenvalue weighted by atomic mass is 15.1. The van der Waals surface area contributed by atoms with Gasteiger partial charge >= 0.3 is 0 Å². The molecule has 1 saturated heterocycles. The molecule has 0 spiro atoms. The van der Waals surface area contributed by atoms with E-state index in [1.165, 1.54) is 44.6 Å². The summed E-state index contributed by atoms with van der Waals surface area (Å²) in [5.74, 6) is 0.803. The third-order valence-electron chi connectivity index (χ3n) is 4.07. The van der Waals surface area contributed by atoms with Crippen LogP contribution in [0.4, 0.5) is 5.69 Å². The zero-order valence-corrected chi connectivity index (χ0v) is 11.7. The van der Waals surface area contributed by atoms with Crippen molar-refractivity contribution < 1.29 is 0 Å². The summed E-state index contributed by atoms with van der Waals surface area (Å²) in [6.07, 6.45) is 3.81. The van der Waals surface area contributed by atoms with Crippen molar-refractivity contribution in [1.29, 1.82) is 0 Å². The molecular formula is C16H26N2. The van der Waals surface area contributed by atoms with Crippen LogP contribution < -0.4 is 10.2 Å². The molecule has 1 heterocycles. The second-order valence-electron chi connectivity index (χ2n) is 5.52. The highest BCUT2D eigenvalue weighted by Gasteiger charge is 2.18. The third kappa shape index (κ3) is 3.74. The van der Waals surface area contributed by atoms with E-state index in [-0.39, 0.29) is 0 Å². The number of benzene rings is 1. The van der Waals surface area contributed by atoms with E-state index in [4.69, 9.17) is 0 Å². The van der Waals surface area contributed by atoms with Crippen LogP contribution in [0, 0.1) is 5.92 Å². The fraction of sp³-hybridized carbons (Fsp3) is 0.625. The van der Waals surface area contributed by atoms with Crippen molar-refractivity contribution in [1.82, 2.24) is 5.32 Å². The van der Waals surface area contributed by atoms with E-state index in [0.29, 0.717) is 0 Å². The molecule has 2 nitrogen and oxygen atoms in total. The highest BCUT2D eigenvalue weighted by Crippen LogP contribution is 2.19. The molecule has 1 unspecified atom stereocenters. The Balaban J connectivity index is 1.75. The van der Waals surface area contributed by atoms with Crippen molar-refractivity contribution in [3.63, 3.8) is 0 Å². The summed E-state index contributed by atoms with van der Waals surface area (Å²) in [6.45, 7) is 8.13. The van der Waals surface area contributed by atoms with Gasteiger partial charge < -0.3 is 10.2 Å². The number of piperidine rings is 1. The molecule has 1 fully saturated rings. The maximum absolute atomic E-state index is 3.72. The number of para-hydroxylation sites is 1. The first-order valence-electron chi connectivity index (χ1n) is 7.33. The normalized spacial score (nSPS) is 18.9. The quantitative estimate of drug-likeness (QED) is 0.857. The first-order valence-corrected chi connectivity index (χ1v) is 7.33. The molecule has 1 aliphatic rings. The topological polar surface area (TPSA) is 15.3 Å². The summed E-state index contributed by atoms with van der Waals surface area (Å²) in [5.41, 5.74) is 1.37. The summed E-state index contributed by atoms with van der Waals surface area (Å²) in [5, 5.41) is 3.72. The van der Waals surface area contributed by atoms with Crippen LogP contribution in [0.3, 0.4) is 0 Å². The van der Waals surface area contributed by atoms with E-state index in [0.717, 1.165) is 12.0 Å². The number of nitrogens with zero attached hydrogens (tertiary/aromatic N) is 1. The molecule has 1 aliphatic heterocycles. The van der Waals surface area contributed by atoms with Gasteiger partial charge in [-0.2, -0.15) is 0 Å². The molecule has 0 aliphatic carbocycles. The van der Waals surface area contributed by atoms with Crippen LogP contribution in [0.15, 0.2) is 30.3 Å². The third-order valence-corrected chi connectivity index (χ3v) is 4.07. The minimum Gasteiger partial charge on any atom is -0.371 e. The molecule has 1 aromatic carbocycles. The van der Waals surface area contributed by atoms with Crippen LogP contribution in [0.2, 0.25) is 0 Å². The van der Waals surface area contributed by atoms with Gasteiger partial charge in [-0.05, 0) is 37.4 Å². The zero-order chi connectivity index (χ0) is 12.8. The van der Waals surface area contributed by atoms with Crippen molar-refractivity contribution in [2.24, 2.45) is 5.92 Å². The minimum atomic E-state index is 0.721. The maximum Gasteiger partial charge on any atom is 0.0366 e. The van der Waals surface area contributed by atoms with Gasteiger partial charge in [0.25, 0.3) is 0 Å². The maximum atomic E-state index is 3.72. The van der Waals surface area contributed by atoms with Gasteiger partial charge in [-0.1, -0.05) is 38.5 Å². The summed E-state index contributed by atoms with van der Waals surface area (Å²) >= 11 is 0. The molecule has 0 saturated carbocycles. The molecule has 1 atom stereocenters. The number of hydrogen-bond acceptors (Lipinski definition) is 2. The van der Waals surface area contributed by atoms with E-state index >= 15 is 0 Å². The Bertz CT molecular complexity index is 328. The zero-order valence-electron chi connectivity index (χ0n) is 11.7. The predicted molar refractivity (Wildman–Crippen MR) is 79.1 cm³/mol. The van der Waals surface area contributed by atoms with Crippen molar-refractivity contribution in [2.45, 2.75) is 39.2 Å². The van der Waals surface area contributed by atoms with Gasteiger partial charge in [0, 0.05) is 24.8 Å². The van der Waals surface area contributed by atoms with Gasteiger partial charge in [-0.25, -0.2) is 0 Å². The van der Waals surface area contributed by atoms with E-state index in [1.807, 2.05) is 0 Å². The SMILES string of the molecule is CCC(C)CNC1CCN(c2ccccc2)CC1. The van der Waals surface area contributed by atoms with Crippen LogP contribution in [-0.4, -0.2) is 25.7 Å². The lowest BCUT2D eigenvalue weighted by molar-refractivity contribution is 0.380. The lowest BCUT2D eigenvalue weighted by Crippen LogP contribution is -2.43. The van der Waals surface area contributed by atoms with Gasteiger partial charge in [0.1, 0.15) is 0 Å². The summed E-state index contributed by atoms with van der Waals surface area (Å²) in [7, 11) is 0. The van der Waals surface area contributed by atoms with E-state index < -0.39 is 0 Å². The number of anilines is 1. The molecule has 1 aromatic rings. The smallest absolute Gasteiger partial charge is 0.0366 e. The van der Waals surface area contributed by atoms with E-state index in [9.17, 15) is 0 Å². The Labute approximate surface area is 111 Å². The van der Waals surface area contributed by atoms with Crippen molar-refractivity contribution in [3.8, 4) is 0 Å². The molecule has 0 radical (unpaired) electrons. The minimum absolute atomic E-state index is 0.721. The highest BCUT2D eigenvalue weighted by molar-refractivity contribution is 5.46. The average molecular weight is 246 g/mol. The first-order chi connectivity index (χ1) is 8.79. The molecular weight excluding hydrogens is 220 g/mol. The second kappa shape index (κ2) is 6.79. The van der Waals surface area contributed by atoms with Crippen LogP contribution >= 0.6 is 0 Å². The van der Waals surface area contributed by atoms with Crippen molar-refractivity contribution >= 4 is 5.69 Å². The van der Waals surface area contributed by atoms with Crippen molar-refractivity contribution in [3.05, 3.63) is 30.3 Å². The summed E-state index contributed by atoms with van der Waals surface area (Å²) in [4.78, 5) is 2.50. The predicted octanol–water partition coefficient (Wildman–Crippen LogP) is 3.29. The van der Waals surface area contributed by atoms with Gasteiger partial charge in [-0.3, -0.25) is 0 Å². The largest absolute Gasteiger partial charge is 0.371 e. The van der Waals surface area contributed by atoms with Crippen LogP contribution in [0.25, 0.3) is 0 Å². The molecule has 2 rings (SSSR count). The van der Waals surface area contributed by atoms with Gasteiger partial charge in [-0.15, -0.1) is 0 Å².